The molecule has 4 heterocycles. The summed E-state index contributed by atoms with van der Waals surface area (Å²) in [5, 5.41) is 12.3. The minimum Gasteiger partial charge on any atom is -0.476 e. The van der Waals surface area contributed by atoms with E-state index in [0.29, 0.717) is 23.9 Å². The second kappa shape index (κ2) is 9.63. The Morgan fingerprint density at radius 3 is 2.55 bits per heavy atom. The van der Waals surface area contributed by atoms with E-state index in [4.69, 9.17) is 11.6 Å². The number of amides is 1. The molecule has 4 aromatic rings. The predicted molar refractivity (Wildman–Crippen MR) is 141 cm³/mol. The number of nitrogens with one attached hydrogen (secondary N) is 1. The lowest BCUT2D eigenvalue weighted by Crippen LogP contribution is -2.24. The summed E-state index contributed by atoms with van der Waals surface area (Å²) >= 11 is 5.82. The summed E-state index contributed by atoms with van der Waals surface area (Å²) < 4.78 is 42.5. The van der Waals surface area contributed by atoms with E-state index in [1.54, 1.807) is 30.1 Å². The lowest BCUT2D eigenvalue weighted by molar-refractivity contribution is -0.137. The molecule has 0 spiro atoms. The number of rotatable bonds is 5. The molecule has 0 radical (unpaired) electrons. The number of halogens is 4. The average molecular weight is 572 g/mol. The largest absolute Gasteiger partial charge is 0.476 e. The Bertz CT molecular complexity index is 1790. The summed E-state index contributed by atoms with van der Waals surface area (Å²) in [6.45, 7) is 3.40. The first-order chi connectivity index (χ1) is 18.8. The van der Waals surface area contributed by atoms with Crippen LogP contribution in [0.1, 0.15) is 56.1 Å². The van der Waals surface area contributed by atoms with Crippen LogP contribution in [0, 0.1) is 6.92 Å². The van der Waals surface area contributed by atoms with Gasteiger partial charge in [-0.05, 0) is 43.7 Å². The van der Waals surface area contributed by atoms with Crippen LogP contribution in [0.4, 0.5) is 18.9 Å². The van der Waals surface area contributed by atoms with E-state index in [-0.39, 0.29) is 39.2 Å². The fraction of sp³-hybridized carbons (Fsp3) is 0.222. The summed E-state index contributed by atoms with van der Waals surface area (Å²) in [5.74, 6) is -1.58. The van der Waals surface area contributed by atoms with Crippen molar-refractivity contribution >= 4 is 34.8 Å². The summed E-state index contributed by atoms with van der Waals surface area (Å²) in [6, 6.07) is 7.67. The second-order valence-corrected chi connectivity index (χ2v) is 9.89. The third kappa shape index (κ3) is 4.64. The van der Waals surface area contributed by atoms with Gasteiger partial charge in [-0.2, -0.15) is 13.2 Å². The number of fused-ring (bicyclic) bond motifs is 2. The zero-order valence-electron chi connectivity index (χ0n) is 21.3. The Balaban J connectivity index is 1.71. The van der Waals surface area contributed by atoms with Crippen LogP contribution in [0.25, 0.3) is 16.9 Å². The quantitative estimate of drug-likeness (QED) is 0.316. The van der Waals surface area contributed by atoms with Crippen LogP contribution in [-0.2, 0) is 12.7 Å². The third-order valence-electron chi connectivity index (χ3n) is 6.78. The molecule has 1 aliphatic heterocycles. The molecule has 0 aliphatic carbocycles. The Morgan fingerprint density at radius 1 is 1.15 bits per heavy atom. The third-order valence-corrected chi connectivity index (χ3v) is 6.99. The average Bonchev–Trinajstić information content (AvgIpc) is 3.18. The number of hydrogen-bond acceptors (Lipinski definition) is 6. The molecule has 1 aromatic carbocycles. The van der Waals surface area contributed by atoms with Gasteiger partial charge < -0.3 is 15.3 Å². The van der Waals surface area contributed by atoms with Gasteiger partial charge in [0.15, 0.2) is 5.69 Å². The highest BCUT2D eigenvalue weighted by atomic mass is 35.5. The van der Waals surface area contributed by atoms with Crippen LogP contribution in [0.5, 0.6) is 0 Å². The van der Waals surface area contributed by atoms with Crippen LogP contribution in [0.15, 0.2) is 47.4 Å². The lowest BCUT2D eigenvalue weighted by atomic mass is 10.0. The van der Waals surface area contributed by atoms with Gasteiger partial charge in [-0.3, -0.25) is 14.0 Å². The molecule has 0 saturated heterocycles. The van der Waals surface area contributed by atoms with Gasteiger partial charge in [0, 0.05) is 42.0 Å². The van der Waals surface area contributed by atoms with Crippen molar-refractivity contribution in [2.24, 2.45) is 0 Å². The van der Waals surface area contributed by atoms with Crippen LogP contribution in [0.2, 0.25) is 5.15 Å². The second-order valence-electron chi connectivity index (χ2n) is 9.50. The summed E-state index contributed by atoms with van der Waals surface area (Å²) in [6.07, 6.45) is -4.10. The Kier molecular flexibility index (Phi) is 6.53. The SMILES string of the molecule is Cc1c(-c2ccc3c(c2)C(=O)N(C)C3)nc2c([C@@H](C)Nc3ccc(Cl)nc3C(=O)O)cc(C(F)(F)F)cn2c1=O. The number of alkyl halides is 3. The highest BCUT2D eigenvalue weighted by molar-refractivity contribution is 6.29. The van der Waals surface area contributed by atoms with E-state index in [2.05, 4.69) is 15.3 Å². The number of carbonyl (C=O) groups excluding carboxylic acids is 1. The summed E-state index contributed by atoms with van der Waals surface area (Å²) in [4.78, 5) is 47.6. The number of carbonyl (C=O) groups is 2. The molecule has 0 saturated carbocycles. The zero-order chi connectivity index (χ0) is 29.1. The number of nitrogens with zero attached hydrogens (tertiary/aromatic N) is 4. The van der Waals surface area contributed by atoms with Crippen molar-refractivity contribution in [2.75, 3.05) is 12.4 Å². The molecule has 0 fully saturated rings. The highest BCUT2D eigenvalue weighted by Gasteiger charge is 2.33. The first-order valence-electron chi connectivity index (χ1n) is 12.0. The molecule has 2 N–H and O–H groups in total. The molecule has 1 aliphatic rings. The number of carboxylic acids is 1. The molecule has 0 unspecified atom stereocenters. The normalized spacial score (nSPS) is 14.0. The maximum atomic E-state index is 13.9. The molecule has 9 nitrogen and oxygen atoms in total. The molecule has 40 heavy (non-hydrogen) atoms. The zero-order valence-corrected chi connectivity index (χ0v) is 22.1. The molecule has 13 heteroatoms. The summed E-state index contributed by atoms with van der Waals surface area (Å²) in [5.41, 5.74) is -0.271. The topological polar surface area (TPSA) is 117 Å². The van der Waals surface area contributed by atoms with Gasteiger partial charge in [-0.25, -0.2) is 14.8 Å². The van der Waals surface area contributed by atoms with Gasteiger partial charge in [0.1, 0.15) is 10.8 Å². The van der Waals surface area contributed by atoms with Crippen LogP contribution < -0.4 is 10.9 Å². The van der Waals surface area contributed by atoms with E-state index in [0.717, 1.165) is 16.0 Å². The molecule has 3 aromatic heterocycles. The fourth-order valence-corrected chi connectivity index (χ4v) is 4.88. The Hall–Kier alpha value is -4.45. The van der Waals surface area contributed by atoms with E-state index in [9.17, 15) is 32.7 Å². The van der Waals surface area contributed by atoms with Crippen molar-refractivity contribution in [1.29, 1.82) is 0 Å². The van der Waals surface area contributed by atoms with Gasteiger partial charge in [-0.1, -0.05) is 23.7 Å². The van der Waals surface area contributed by atoms with E-state index in [1.807, 2.05) is 0 Å². The van der Waals surface area contributed by atoms with Gasteiger partial charge in [-0.15, -0.1) is 0 Å². The standard InChI is InChI=1S/C27H21ClF3N5O4/c1-12-21(14-4-5-15-10-35(3)25(38)18(15)8-14)34-23-17(9-16(27(29,30)31)11-36(23)24(12)37)13(2)32-19-6-7-20(28)33-22(19)26(39)40/h4-9,11,13,32H,10H2,1-3H3,(H,39,40)/t13-/m1/s1. The monoisotopic (exact) mass is 571 g/mol. The van der Waals surface area contributed by atoms with Crippen molar-refractivity contribution in [3.8, 4) is 11.3 Å². The van der Waals surface area contributed by atoms with Crippen LogP contribution in [-0.4, -0.2) is 43.3 Å². The van der Waals surface area contributed by atoms with Gasteiger partial charge >= 0.3 is 12.1 Å². The predicted octanol–water partition coefficient (Wildman–Crippen LogP) is 5.19. The first kappa shape index (κ1) is 27.1. The van der Waals surface area contributed by atoms with Crippen LogP contribution >= 0.6 is 11.6 Å². The van der Waals surface area contributed by atoms with E-state index in [1.165, 1.54) is 26.0 Å². The number of aromatic nitrogens is 3. The molecular formula is C27H21ClF3N5O4. The number of pyridine rings is 2. The molecule has 1 amide bonds. The first-order valence-corrected chi connectivity index (χ1v) is 12.3. The van der Waals surface area contributed by atoms with Crippen molar-refractivity contribution in [2.45, 2.75) is 32.6 Å². The molecule has 0 bridgehead atoms. The molecule has 5 rings (SSSR count). The van der Waals surface area contributed by atoms with Crippen molar-refractivity contribution in [1.82, 2.24) is 19.3 Å². The van der Waals surface area contributed by atoms with E-state index >= 15 is 0 Å². The number of hydrogen-bond donors (Lipinski definition) is 2. The molecule has 206 valence electrons. The number of carboxylic acid groups (broad SMARTS) is 1. The minimum absolute atomic E-state index is 0.0101. The maximum absolute atomic E-state index is 13.9. The number of anilines is 1. The van der Waals surface area contributed by atoms with Gasteiger partial charge in [0.25, 0.3) is 11.5 Å². The van der Waals surface area contributed by atoms with Crippen molar-refractivity contribution in [3.05, 3.63) is 91.6 Å². The smallest absolute Gasteiger partial charge is 0.417 e. The fourth-order valence-electron chi connectivity index (χ4n) is 4.73. The lowest BCUT2D eigenvalue weighted by Gasteiger charge is -2.21. The van der Waals surface area contributed by atoms with Crippen molar-refractivity contribution < 1.29 is 27.9 Å². The highest BCUT2D eigenvalue weighted by Crippen LogP contribution is 2.34. The summed E-state index contributed by atoms with van der Waals surface area (Å²) in [7, 11) is 1.67. The van der Waals surface area contributed by atoms with Gasteiger partial charge in [0.05, 0.1) is 23.0 Å². The van der Waals surface area contributed by atoms with E-state index < -0.39 is 35.0 Å². The number of benzene rings is 1. The minimum atomic E-state index is -4.78. The van der Waals surface area contributed by atoms with Crippen molar-refractivity contribution in [3.63, 3.8) is 0 Å². The number of aromatic carboxylic acids is 1. The maximum Gasteiger partial charge on any atom is 0.417 e. The van der Waals surface area contributed by atoms with Gasteiger partial charge in [0.2, 0.25) is 0 Å². The molecular weight excluding hydrogens is 551 g/mol. The molecule has 1 atom stereocenters. The van der Waals surface area contributed by atoms with Crippen LogP contribution in [0.3, 0.4) is 0 Å². The Morgan fingerprint density at radius 2 is 1.88 bits per heavy atom. The Labute approximate surface area is 229 Å².